The van der Waals surface area contributed by atoms with E-state index in [4.69, 9.17) is 47.4 Å². The summed E-state index contributed by atoms with van der Waals surface area (Å²) in [6.45, 7) is 12.0. The zero-order chi connectivity index (χ0) is 32.7. The summed E-state index contributed by atoms with van der Waals surface area (Å²) in [4.78, 5) is 35.1. The van der Waals surface area contributed by atoms with Gasteiger partial charge < -0.3 is 52.5 Å². The number of rotatable bonds is 32. The van der Waals surface area contributed by atoms with Crippen LogP contribution in [0.15, 0.2) is 0 Å². The molecule has 0 fully saturated rings. The zero-order valence-corrected chi connectivity index (χ0v) is 27.2. The van der Waals surface area contributed by atoms with E-state index >= 15 is 0 Å². The first-order chi connectivity index (χ1) is 21.2. The molecule has 0 aromatic rings. The van der Waals surface area contributed by atoms with Crippen molar-refractivity contribution in [2.24, 2.45) is 0 Å². The topological polar surface area (TPSA) is 164 Å². The molecule has 0 aliphatic carbocycles. The van der Waals surface area contributed by atoms with Gasteiger partial charge in [0.05, 0.1) is 106 Å². The van der Waals surface area contributed by atoms with E-state index in [1.165, 1.54) is 0 Å². The highest BCUT2D eigenvalue weighted by molar-refractivity contribution is 5.78. The van der Waals surface area contributed by atoms with Gasteiger partial charge in [0.2, 0.25) is 0 Å². The van der Waals surface area contributed by atoms with E-state index in [0.717, 1.165) is 0 Å². The molecule has 0 saturated carbocycles. The molecule has 1 atom stereocenters. The van der Waals surface area contributed by atoms with Gasteiger partial charge in [-0.3, -0.25) is 9.59 Å². The number of hydrogen-bond acceptors (Lipinski definition) is 13. The van der Waals surface area contributed by atoms with Gasteiger partial charge in [-0.2, -0.15) is 0 Å². The monoisotopic (exact) mass is 640 g/mol. The van der Waals surface area contributed by atoms with E-state index in [-0.39, 0.29) is 38.4 Å². The van der Waals surface area contributed by atoms with Crippen molar-refractivity contribution in [2.75, 3.05) is 106 Å². The summed E-state index contributed by atoms with van der Waals surface area (Å²) in [5.41, 5.74) is -0.530. The van der Waals surface area contributed by atoms with Gasteiger partial charge in [-0.25, -0.2) is 4.79 Å². The van der Waals surface area contributed by atoms with Gasteiger partial charge >= 0.3 is 17.9 Å². The fourth-order valence-corrected chi connectivity index (χ4v) is 3.34. The molecule has 0 aliphatic heterocycles. The van der Waals surface area contributed by atoms with E-state index in [0.29, 0.717) is 105 Å². The van der Waals surface area contributed by atoms with Crippen LogP contribution in [0.3, 0.4) is 0 Å². The summed E-state index contributed by atoms with van der Waals surface area (Å²) in [5.74, 6) is -2.12. The Morgan fingerprint density at radius 3 is 1.34 bits per heavy atom. The summed E-state index contributed by atoms with van der Waals surface area (Å²) < 4.78 is 52.9. The number of esters is 2. The maximum absolute atomic E-state index is 12.0. The molecule has 0 saturated heterocycles. The van der Waals surface area contributed by atoms with Crippen LogP contribution >= 0.6 is 0 Å². The van der Waals surface area contributed by atoms with Crippen molar-refractivity contribution >= 4 is 17.9 Å². The van der Waals surface area contributed by atoms with Crippen molar-refractivity contribution < 1.29 is 66.9 Å². The van der Waals surface area contributed by atoms with Crippen LogP contribution in [0.25, 0.3) is 0 Å². The minimum absolute atomic E-state index is 0.0600. The smallest absolute Gasteiger partial charge is 0.345 e. The van der Waals surface area contributed by atoms with Crippen molar-refractivity contribution in [3.8, 4) is 0 Å². The number of carboxylic acid groups (broad SMARTS) is 1. The molecule has 0 heterocycles. The number of ether oxygens (including phenoxy) is 10. The third-order valence-corrected chi connectivity index (χ3v) is 5.43. The fraction of sp³-hybridized carbons (Fsp3) is 0.900. The molecule has 0 aliphatic rings. The number of carbonyl (C=O) groups is 3. The Morgan fingerprint density at radius 2 is 0.955 bits per heavy atom. The molecule has 0 amide bonds. The lowest BCUT2D eigenvalue weighted by atomic mass is 10.1. The molecular weight excluding hydrogens is 584 g/mol. The molecule has 0 bridgehead atoms. The number of carbonyl (C=O) groups excluding carboxylic acids is 2. The SMILES string of the molecule is COCCOCCOCCOCCOCCOCCOCCOCCC(=O)O[C@@H](CCCCCC(=O)OC(C)(C)C)C(=O)O. The molecule has 0 aromatic heterocycles. The van der Waals surface area contributed by atoms with Crippen LogP contribution in [0.1, 0.15) is 59.3 Å². The molecule has 0 spiro atoms. The lowest BCUT2D eigenvalue weighted by Crippen LogP contribution is -2.27. The Bertz CT molecular complexity index is 698. The summed E-state index contributed by atoms with van der Waals surface area (Å²) >= 11 is 0. The molecular formula is C30H56O14. The maximum atomic E-state index is 12.0. The number of carboxylic acids is 1. The van der Waals surface area contributed by atoms with Crippen molar-refractivity contribution in [3.63, 3.8) is 0 Å². The highest BCUT2D eigenvalue weighted by Crippen LogP contribution is 2.13. The quantitative estimate of drug-likeness (QED) is 0.0842. The molecule has 1 N–H and O–H groups in total. The second-order valence-corrected chi connectivity index (χ2v) is 10.5. The first kappa shape index (κ1) is 42.1. The molecule has 260 valence electrons. The summed E-state index contributed by atoms with van der Waals surface area (Å²) in [6, 6.07) is 0. The number of hydrogen-bond donors (Lipinski definition) is 1. The van der Waals surface area contributed by atoms with E-state index in [9.17, 15) is 19.5 Å². The lowest BCUT2D eigenvalue weighted by Gasteiger charge is -2.19. The van der Waals surface area contributed by atoms with Gasteiger partial charge in [-0.1, -0.05) is 6.42 Å². The predicted molar refractivity (Wildman–Crippen MR) is 159 cm³/mol. The Balaban J connectivity index is 3.49. The van der Waals surface area contributed by atoms with Crippen LogP contribution in [-0.4, -0.2) is 141 Å². The van der Waals surface area contributed by atoms with E-state index in [1.807, 2.05) is 0 Å². The molecule has 14 nitrogen and oxygen atoms in total. The second kappa shape index (κ2) is 29.8. The van der Waals surface area contributed by atoms with Crippen LogP contribution in [-0.2, 0) is 61.8 Å². The number of unbranched alkanes of at least 4 members (excludes halogenated alkanes) is 2. The van der Waals surface area contributed by atoms with Gasteiger partial charge in [0, 0.05) is 13.5 Å². The van der Waals surface area contributed by atoms with E-state index in [2.05, 4.69) is 0 Å². The molecule has 0 unspecified atom stereocenters. The molecule has 14 heteroatoms. The highest BCUT2D eigenvalue weighted by Gasteiger charge is 2.22. The van der Waals surface area contributed by atoms with Crippen LogP contribution in [0.5, 0.6) is 0 Å². The molecule has 0 aromatic carbocycles. The molecule has 0 radical (unpaired) electrons. The van der Waals surface area contributed by atoms with Crippen molar-refractivity contribution in [3.05, 3.63) is 0 Å². The Hall–Kier alpha value is -1.91. The van der Waals surface area contributed by atoms with Crippen LogP contribution in [0.2, 0.25) is 0 Å². The number of methoxy groups -OCH3 is 1. The summed E-state index contributed by atoms with van der Waals surface area (Å²) in [7, 11) is 1.63. The molecule has 44 heavy (non-hydrogen) atoms. The van der Waals surface area contributed by atoms with Crippen LogP contribution < -0.4 is 0 Å². The third-order valence-electron chi connectivity index (χ3n) is 5.43. The Kier molecular flexibility index (Phi) is 28.5. The van der Waals surface area contributed by atoms with Gasteiger partial charge in [0.1, 0.15) is 5.60 Å². The van der Waals surface area contributed by atoms with Crippen molar-refractivity contribution in [1.29, 1.82) is 0 Å². The Labute approximate surface area is 262 Å². The van der Waals surface area contributed by atoms with E-state index in [1.54, 1.807) is 27.9 Å². The first-order valence-corrected chi connectivity index (χ1v) is 15.3. The maximum Gasteiger partial charge on any atom is 0.345 e. The van der Waals surface area contributed by atoms with Crippen molar-refractivity contribution in [1.82, 2.24) is 0 Å². The fourth-order valence-electron chi connectivity index (χ4n) is 3.34. The first-order valence-electron chi connectivity index (χ1n) is 15.3. The molecule has 0 rings (SSSR count). The lowest BCUT2D eigenvalue weighted by molar-refractivity contribution is -0.165. The van der Waals surface area contributed by atoms with E-state index < -0.39 is 23.6 Å². The number of aliphatic carboxylic acids is 1. The summed E-state index contributed by atoms with van der Waals surface area (Å²) in [5, 5.41) is 9.32. The highest BCUT2D eigenvalue weighted by atomic mass is 16.6. The van der Waals surface area contributed by atoms with Crippen LogP contribution in [0.4, 0.5) is 0 Å². The van der Waals surface area contributed by atoms with Gasteiger partial charge in [0.25, 0.3) is 0 Å². The second-order valence-electron chi connectivity index (χ2n) is 10.5. The standard InChI is InChI=1S/C30H56O14/c1-30(2,3)44-28(32)9-7-5-6-8-26(29(33)34)43-27(31)10-11-36-14-15-38-18-19-40-22-23-42-25-24-41-21-20-39-17-16-37-13-12-35-4/h26H,5-25H2,1-4H3,(H,33,34)/t26-/m0/s1. The predicted octanol–water partition coefficient (Wildman–Crippen LogP) is 2.43. The van der Waals surface area contributed by atoms with Gasteiger partial charge in [0.15, 0.2) is 6.10 Å². The van der Waals surface area contributed by atoms with Crippen molar-refractivity contribution in [2.45, 2.75) is 71.0 Å². The normalized spacial score (nSPS) is 12.3. The summed E-state index contributed by atoms with van der Waals surface area (Å²) in [6.07, 6.45) is 0.873. The average molecular weight is 641 g/mol. The van der Waals surface area contributed by atoms with Gasteiger partial charge in [-0.05, 0) is 40.0 Å². The largest absolute Gasteiger partial charge is 0.479 e. The average Bonchev–Trinajstić information content (AvgIpc) is 2.95. The Morgan fingerprint density at radius 1 is 0.545 bits per heavy atom. The third kappa shape index (κ3) is 31.5. The minimum Gasteiger partial charge on any atom is -0.479 e. The van der Waals surface area contributed by atoms with Crippen LogP contribution in [0, 0.1) is 0 Å². The zero-order valence-electron chi connectivity index (χ0n) is 27.2. The minimum atomic E-state index is -1.22. The van der Waals surface area contributed by atoms with Gasteiger partial charge in [-0.15, -0.1) is 0 Å².